The van der Waals surface area contributed by atoms with Crippen molar-refractivity contribution in [2.24, 2.45) is 0 Å². The van der Waals surface area contributed by atoms with Crippen molar-refractivity contribution >= 4 is 29.0 Å². The lowest BCUT2D eigenvalue weighted by Gasteiger charge is -1.98. The molecule has 0 radical (unpaired) electrons. The summed E-state index contributed by atoms with van der Waals surface area (Å²) >= 11 is 0.878. The zero-order valence-electron chi connectivity index (χ0n) is 10.7. The lowest BCUT2D eigenvalue weighted by atomic mass is 10.1. The normalized spacial score (nSPS) is 16.8. The molecule has 1 saturated heterocycles. The minimum absolute atomic E-state index is 0.347. The van der Waals surface area contributed by atoms with Gasteiger partial charge in [-0.15, -0.1) is 0 Å². The van der Waals surface area contributed by atoms with E-state index in [1.807, 2.05) is 37.3 Å². The summed E-state index contributed by atoms with van der Waals surface area (Å²) < 4.78 is 5.69. The number of thioether (sulfide) groups is 1. The molecule has 100 valence electrons. The molecule has 1 aliphatic rings. The van der Waals surface area contributed by atoms with Gasteiger partial charge in [0.25, 0.3) is 11.1 Å². The molecule has 1 N–H and O–H groups in total. The van der Waals surface area contributed by atoms with E-state index in [4.69, 9.17) is 4.42 Å². The van der Waals surface area contributed by atoms with Gasteiger partial charge in [0.2, 0.25) is 0 Å². The highest BCUT2D eigenvalue weighted by molar-refractivity contribution is 8.18. The molecule has 0 bridgehead atoms. The average Bonchev–Trinajstić information content (AvgIpc) is 2.97. The lowest BCUT2D eigenvalue weighted by molar-refractivity contribution is -0.115. The molecule has 1 aliphatic heterocycles. The van der Waals surface area contributed by atoms with Crippen LogP contribution in [-0.4, -0.2) is 11.1 Å². The zero-order chi connectivity index (χ0) is 14.1. The van der Waals surface area contributed by atoms with E-state index < -0.39 is 0 Å². The Kier molecular flexibility index (Phi) is 3.20. The van der Waals surface area contributed by atoms with Crippen molar-refractivity contribution in [3.05, 3.63) is 52.6 Å². The van der Waals surface area contributed by atoms with E-state index in [9.17, 15) is 9.59 Å². The number of carbonyl (C=O) groups excluding carboxylic acids is 2. The van der Waals surface area contributed by atoms with Gasteiger partial charge in [-0.25, -0.2) is 0 Å². The fourth-order valence-electron chi connectivity index (χ4n) is 1.93. The maximum Gasteiger partial charge on any atom is 0.290 e. The molecular weight excluding hydrogens is 274 g/mol. The van der Waals surface area contributed by atoms with Gasteiger partial charge in [-0.1, -0.05) is 23.8 Å². The number of aryl methyl sites for hydroxylation is 1. The Morgan fingerprint density at radius 2 is 2.05 bits per heavy atom. The maximum absolute atomic E-state index is 11.4. The number of rotatable bonds is 2. The summed E-state index contributed by atoms with van der Waals surface area (Å²) in [5.41, 5.74) is 2.13. The first-order valence-corrected chi connectivity index (χ1v) is 6.85. The minimum Gasteiger partial charge on any atom is -0.457 e. The predicted molar refractivity (Wildman–Crippen MR) is 78.0 cm³/mol. The van der Waals surface area contributed by atoms with Gasteiger partial charge in [0.15, 0.2) is 0 Å². The van der Waals surface area contributed by atoms with Crippen LogP contribution in [0.1, 0.15) is 11.3 Å². The number of nitrogens with one attached hydrogen (secondary N) is 1. The van der Waals surface area contributed by atoms with E-state index in [0.29, 0.717) is 10.7 Å². The number of amides is 2. The van der Waals surface area contributed by atoms with Gasteiger partial charge >= 0.3 is 0 Å². The quantitative estimate of drug-likeness (QED) is 0.857. The zero-order valence-corrected chi connectivity index (χ0v) is 11.5. The third-order valence-corrected chi connectivity index (χ3v) is 3.66. The molecule has 1 fully saturated rings. The Balaban J connectivity index is 1.89. The van der Waals surface area contributed by atoms with Crippen LogP contribution in [-0.2, 0) is 4.79 Å². The van der Waals surface area contributed by atoms with Crippen molar-refractivity contribution in [2.45, 2.75) is 6.92 Å². The Hall–Kier alpha value is -2.27. The summed E-state index contributed by atoms with van der Waals surface area (Å²) in [6.45, 7) is 2.01. The molecule has 2 aromatic rings. The molecule has 2 amide bonds. The van der Waals surface area contributed by atoms with Crippen LogP contribution in [0.5, 0.6) is 0 Å². The summed E-state index contributed by atoms with van der Waals surface area (Å²) in [5, 5.41) is 1.85. The van der Waals surface area contributed by atoms with Gasteiger partial charge in [0, 0.05) is 11.6 Å². The smallest absolute Gasteiger partial charge is 0.290 e. The predicted octanol–water partition coefficient (Wildman–Crippen LogP) is 3.58. The van der Waals surface area contributed by atoms with Crippen LogP contribution >= 0.6 is 11.8 Å². The highest BCUT2D eigenvalue weighted by atomic mass is 32.2. The van der Waals surface area contributed by atoms with Crippen LogP contribution in [0, 0.1) is 6.92 Å². The van der Waals surface area contributed by atoms with Gasteiger partial charge in [-0.05, 0) is 36.9 Å². The highest BCUT2D eigenvalue weighted by Crippen LogP contribution is 2.28. The standard InChI is InChI=1S/C15H11NO3S/c1-9-3-2-4-10(7-9)12-6-5-11(19-12)8-13-14(17)16-15(18)20-13/h2-8H,1H3,(H,16,17,18)/b13-8-. The molecule has 0 spiro atoms. The second-order valence-corrected chi connectivity index (χ2v) is 5.44. The number of benzene rings is 1. The minimum atomic E-state index is -0.381. The van der Waals surface area contributed by atoms with Crippen molar-refractivity contribution in [3.8, 4) is 11.3 Å². The van der Waals surface area contributed by atoms with Crippen molar-refractivity contribution in [1.82, 2.24) is 5.32 Å². The van der Waals surface area contributed by atoms with Gasteiger partial charge < -0.3 is 4.42 Å². The van der Waals surface area contributed by atoms with Crippen LogP contribution in [0.25, 0.3) is 17.4 Å². The van der Waals surface area contributed by atoms with E-state index in [1.54, 1.807) is 12.1 Å². The molecular formula is C15H11NO3S. The largest absolute Gasteiger partial charge is 0.457 e. The van der Waals surface area contributed by atoms with Gasteiger partial charge in [0.05, 0.1) is 4.91 Å². The third-order valence-electron chi connectivity index (χ3n) is 2.84. The topological polar surface area (TPSA) is 59.3 Å². The first-order valence-electron chi connectivity index (χ1n) is 6.03. The summed E-state index contributed by atoms with van der Waals surface area (Å²) in [5.74, 6) is 0.901. The molecule has 3 rings (SSSR count). The molecule has 20 heavy (non-hydrogen) atoms. The Labute approximate surface area is 119 Å². The monoisotopic (exact) mass is 285 g/mol. The molecule has 0 saturated carbocycles. The van der Waals surface area contributed by atoms with Crippen LogP contribution in [0.15, 0.2) is 45.7 Å². The Morgan fingerprint density at radius 3 is 2.75 bits per heavy atom. The van der Waals surface area contributed by atoms with Crippen molar-refractivity contribution in [3.63, 3.8) is 0 Å². The van der Waals surface area contributed by atoms with Crippen molar-refractivity contribution in [1.29, 1.82) is 0 Å². The number of hydrogen-bond donors (Lipinski definition) is 1. The SMILES string of the molecule is Cc1cccc(-c2ccc(/C=C3\SC(=O)NC3=O)o2)c1. The molecule has 1 aromatic heterocycles. The van der Waals surface area contributed by atoms with Crippen LogP contribution < -0.4 is 5.32 Å². The number of hydrogen-bond acceptors (Lipinski definition) is 4. The summed E-state index contributed by atoms with van der Waals surface area (Å²) in [6, 6.07) is 11.6. The third kappa shape index (κ3) is 2.53. The molecule has 5 heteroatoms. The van der Waals surface area contributed by atoms with Crippen LogP contribution in [0.4, 0.5) is 4.79 Å². The fourth-order valence-corrected chi connectivity index (χ4v) is 2.60. The number of furan rings is 1. The average molecular weight is 285 g/mol. The number of imide groups is 1. The molecule has 1 aromatic carbocycles. The second-order valence-electron chi connectivity index (χ2n) is 4.42. The first-order chi connectivity index (χ1) is 9.61. The van der Waals surface area contributed by atoms with E-state index in [0.717, 1.165) is 28.6 Å². The molecule has 0 aliphatic carbocycles. The van der Waals surface area contributed by atoms with Crippen molar-refractivity contribution < 1.29 is 14.0 Å². The van der Waals surface area contributed by atoms with E-state index >= 15 is 0 Å². The second kappa shape index (κ2) is 5.02. The van der Waals surface area contributed by atoms with E-state index in [-0.39, 0.29) is 11.1 Å². The summed E-state index contributed by atoms with van der Waals surface area (Å²) in [7, 11) is 0. The highest BCUT2D eigenvalue weighted by Gasteiger charge is 2.25. The van der Waals surface area contributed by atoms with Gasteiger partial charge in [-0.2, -0.15) is 0 Å². The van der Waals surface area contributed by atoms with E-state index in [2.05, 4.69) is 5.32 Å². The summed E-state index contributed by atoms with van der Waals surface area (Å²) in [4.78, 5) is 22.9. The molecule has 0 atom stereocenters. The number of carbonyl (C=O) groups is 2. The Bertz CT molecular complexity index is 730. The van der Waals surface area contributed by atoms with Gasteiger partial charge in [-0.3, -0.25) is 14.9 Å². The van der Waals surface area contributed by atoms with Gasteiger partial charge in [0.1, 0.15) is 11.5 Å². The lowest BCUT2D eigenvalue weighted by Crippen LogP contribution is -2.17. The maximum atomic E-state index is 11.4. The first kappa shape index (κ1) is 12.7. The summed E-state index contributed by atoms with van der Waals surface area (Å²) in [6.07, 6.45) is 1.57. The van der Waals surface area contributed by atoms with Crippen molar-refractivity contribution in [2.75, 3.05) is 0 Å². The van der Waals surface area contributed by atoms with Crippen LogP contribution in [0.2, 0.25) is 0 Å². The molecule has 0 unspecified atom stereocenters. The fraction of sp³-hybridized carbons (Fsp3) is 0.0667. The Morgan fingerprint density at radius 1 is 1.20 bits per heavy atom. The molecule has 2 heterocycles. The van der Waals surface area contributed by atoms with Crippen LogP contribution in [0.3, 0.4) is 0 Å². The van der Waals surface area contributed by atoms with E-state index in [1.165, 1.54) is 0 Å². The molecule has 4 nitrogen and oxygen atoms in total.